The zero-order valence-corrected chi connectivity index (χ0v) is 14.7. The first kappa shape index (κ1) is 16.1. The molecule has 7 nitrogen and oxygen atoms in total. The first-order valence-corrected chi connectivity index (χ1v) is 8.78. The molecule has 0 unspecified atom stereocenters. The van der Waals surface area contributed by atoms with Crippen LogP contribution in [0.25, 0.3) is 0 Å². The fourth-order valence-electron chi connectivity index (χ4n) is 3.46. The average molecular weight is 385 g/mol. The van der Waals surface area contributed by atoms with Crippen LogP contribution in [0.15, 0.2) is 47.6 Å². The van der Waals surface area contributed by atoms with Crippen molar-refractivity contribution in [2.24, 2.45) is 11.1 Å². The van der Waals surface area contributed by atoms with E-state index >= 15 is 0 Å². The van der Waals surface area contributed by atoms with Crippen molar-refractivity contribution in [3.63, 3.8) is 0 Å². The van der Waals surface area contributed by atoms with Crippen molar-refractivity contribution in [1.82, 2.24) is 0 Å². The zero-order chi connectivity index (χ0) is 18.5. The van der Waals surface area contributed by atoms with Gasteiger partial charge in [-0.05, 0) is 24.3 Å². The summed E-state index contributed by atoms with van der Waals surface area (Å²) in [5.41, 5.74) is 1.54. The Bertz CT molecular complexity index is 988. The quantitative estimate of drug-likeness (QED) is 0.743. The largest absolute Gasteiger partial charge is 0.486 e. The Kier molecular flexibility index (Phi) is 3.58. The van der Waals surface area contributed by atoms with Crippen LogP contribution < -0.4 is 14.4 Å². The highest BCUT2D eigenvalue weighted by Gasteiger charge is 2.56. The number of nitrogens with zero attached hydrogens (tertiary/aromatic N) is 2. The van der Waals surface area contributed by atoms with E-state index in [9.17, 15) is 9.59 Å². The minimum absolute atomic E-state index is 0.382. The van der Waals surface area contributed by atoms with Gasteiger partial charge in [0.25, 0.3) is 5.91 Å². The molecule has 3 aliphatic heterocycles. The monoisotopic (exact) mass is 384 g/mol. The van der Waals surface area contributed by atoms with Crippen LogP contribution in [0.3, 0.4) is 0 Å². The minimum atomic E-state index is -0.962. The first-order valence-electron chi connectivity index (χ1n) is 8.40. The second kappa shape index (κ2) is 5.99. The van der Waals surface area contributed by atoms with Gasteiger partial charge in [0.05, 0.1) is 5.69 Å². The lowest BCUT2D eigenvalue weighted by atomic mass is 9.94. The molecule has 1 saturated heterocycles. The molecule has 2 aromatic rings. The van der Waals surface area contributed by atoms with Crippen LogP contribution in [-0.2, 0) is 14.4 Å². The second-order valence-corrected chi connectivity index (χ2v) is 6.76. The molecule has 5 rings (SSSR count). The van der Waals surface area contributed by atoms with Gasteiger partial charge in [-0.1, -0.05) is 28.9 Å². The minimum Gasteiger partial charge on any atom is -0.486 e. The Labute approximate surface area is 159 Å². The number of hydrogen-bond acceptors (Lipinski definition) is 6. The molecule has 2 aromatic carbocycles. The maximum atomic E-state index is 13.1. The Morgan fingerprint density at radius 3 is 2.48 bits per heavy atom. The van der Waals surface area contributed by atoms with E-state index in [-0.39, 0.29) is 5.91 Å². The lowest BCUT2D eigenvalue weighted by Crippen LogP contribution is -2.33. The number of anilines is 1. The third kappa shape index (κ3) is 2.46. The highest BCUT2D eigenvalue weighted by atomic mass is 35.5. The number of oxime groups is 1. The molecule has 1 fully saturated rings. The highest BCUT2D eigenvalue weighted by Crippen LogP contribution is 2.39. The number of carbonyl (C=O) groups excluding carboxylic acids is 2. The number of imide groups is 1. The summed E-state index contributed by atoms with van der Waals surface area (Å²) in [5, 5.41) is 4.55. The molecule has 0 bridgehead atoms. The Balaban J connectivity index is 1.49. The van der Waals surface area contributed by atoms with Crippen LogP contribution in [0.1, 0.15) is 5.56 Å². The molecule has 3 aliphatic rings. The topological polar surface area (TPSA) is 77.4 Å². The van der Waals surface area contributed by atoms with Crippen LogP contribution in [0.4, 0.5) is 5.69 Å². The Morgan fingerprint density at radius 1 is 0.963 bits per heavy atom. The highest BCUT2D eigenvalue weighted by molar-refractivity contribution is 6.33. The molecule has 136 valence electrons. The van der Waals surface area contributed by atoms with E-state index < -0.39 is 17.9 Å². The molecule has 2 atom stereocenters. The molecular weight excluding hydrogens is 372 g/mol. The summed E-state index contributed by atoms with van der Waals surface area (Å²) in [7, 11) is 0. The molecule has 0 saturated carbocycles. The maximum Gasteiger partial charge on any atom is 0.278 e. The SMILES string of the molecule is O=C1[C@@H]2C(c3ccc(Cl)cc3)=NO[C@@H]2C(=O)N1c1ccc2c(c1)OCCO2. The van der Waals surface area contributed by atoms with Gasteiger partial charge in [0, 0.05) is 16.7 Å². The average Bonchev–Trinajstić information content (AvgIpc) is 3.23. The van der Waals surface area contributed by atoms with E-state index in [0.29, 0.717) is 46.7 Å². The van der Waals surface area contributed by atoms with E-state index in [0.717, 1.165) is 4.90 Å². The summed E-state index contributed by atoms with van der Waals surface area (Å²) < 4.78 is 11.0. The van der Waals surface area contributed by atoms with Gasteiger partial charge in [0.15, 0.2) is 11.5 Å². The van der Waals surface area contributed by atoms with E-state index in [4.69, 9.17) is 25.9 Å². The van der Waals surface area contributed by atoms with Crippen molar-refractivity contribution in [3.05, 3.63) is 53.1 Å². The van der Waals surface area contributed by atoms with Crippen molar-refractivity contribution in [2.75, 3.05) is 18.1 Å². The van der Waals surface area contributed by atoms with Gasteiger partial charge in [0.1, 0.15) is 24.8 Å². The number of ether oxygens (including phenoxy) is 2. The summed E-state index contributed by atoms with van der Waals surface area (Å²) in [5.74, 6) is -0.526. The predicted molar refractivity (Wildman–Crippen MR) is 96.3 cm³/mol. The number of amides is 2. The molecule has 0 radical (unpaired) electrons. The summed E-state index contributed by atoms with van der Waals surface area (Å²) in [6.07, 6.45) is -0.962. The molecule has 2 amide bonds. The fourth-order valence-corrected chi connectivity index (χ4v) is 3.59. The van der Waals surface area contributed by atoms with E-state index in [1.165, 1.54) is 0 Å². The first-order chi connectivity index (χ1) is 13.1. The van der Waals surface area contributed by atoms with Crippen LogP contribution >= 0.6 is 11.6 Å². The summed E-state index contributed by atoms with van der Waals surface area (Å²) in [4.78, 5) is 32.3. The summed E-state index contributed by atoms with van der Waals surface area (Å²) in [6.45, 7) is 0.882. The van der Waals surface area contributed by atoms with Crippen LogP contribution in [0.5, 0.6) is 11.5 Å². The summed E-state index contributed by atoms with van der Waals surface area (Å²) in [6, 6.07) is 11.9. The number of benzene rings is 2. The van der Waals surface area contributed by atoms with E-state index in [1.807, 2.05) is 0 Å². The van der Waals surface area contributed by atoms with Gasteiger partial charge in [-0.3, -0.25) is 9.59 Å². The number of hydrogen-bond donors (Lipinski definition) is 0. The third-order valence-corrected chi connectivity index (χ3v) is 4.99. The third-order valence-electron chi connectivity index (χ3n) is 4.74. The Morgan fingerprint density at radius 2 is 1.70 bits per heavy atom. The van der Waals surface area contributed by atoms with Crippen molar-refractivity contribution in [3.8, 4) is 11.5 Å². The molecule has 27 heavy (non-hydrogen) atoms. The van der Waals surface area contributed by atoms with E-state index in [1.54, 1.807) is 42.5 Å². The molecule has 0 aromatic heterocycles. The van der Waals surface area contributed by atoms with Gasteiger partial charge in [-0.25, -0.2) is 4.90 Å². The lowest BCUT2D eigenvalue weighted by molar-refractivity contribution is -0.126. The summed E-state index contributed by atoms with van der Waals surface area (Å²) >= 11 is 5.92. The normalized spacial score (nSPS) is 23.1. The van der Waals surface area contributed by atoms with Crippen molar-refractivity contribution in [2.45, 2.75) is 6.10 Å². The Hall–Kier alpha value is -3.06. The molecule has 3 heterocycles. The maximum absolute atomic E-state index is 13.1. The van der Waals surface area contributed by atoms with Gasteiger partial charge in [-0.15, -0.1) is 0 Å². The van der Waals surface area contributed by atoms with Crippen LogP contribution in [0.2, 0.25) is 5.02 Å². The molecule has 0 aliphatic carbocycles. The zero-order valence-electron chi connectivity index (χ0n) is 13.9. The van der Waals surface area contributed by atoms with Gasteiger partial charge >= 0.3 is 0 Å². The number of carbonyl (C=O) groups is 2. The number of rotatable bonds is 2. The molecule has 0 spiro atoms. The van der Waals surface area contributed by atoms with Crippen molar-refractivity contribution < 1.29 is 23.9 Å². The van der Waals surface area contributed by atoms with Crippen LogP contribution in [-0.4, -0.2) is 36.8 Å². The standard InChI is InChI=1S/C19H13ClN2O5/c20-11-3-1-10(2-4-11)16-15-17(27-21-16)19(24)22(18(15)23)12-5-6-13-14(9-12)26-8-7-25-13/h1-6,9,15,17H,7-8H2/t15-,17+/m1/s1. The predicted octanol–water partition coefficient (Wildman–Crippen LogP) is 2.40. The smallest absolute Gasteiger partial charge is 0.278 e. The fraction of sp³-hybridized carbons (Fsp3) is 0.211. The molecular formula is C19H13ClN2O5. The van der Waals surface area contributed by atoms with Gasteiger partial charge < -0.3 is 14.3 Å². The number of fused-ring (bicyclic) bond motifs is 2. The van der Waals surface area contributed by atoms with Gasteiger partial charge in [0.2, 0.25) is 12.0 Å². The van der Waals surface area contributed by atoms with Gasteiger partial charge in [-0.2, -0.15) is 0 Å². The number of halogens is 1. The molecule has 8 heteroatoms. The lowest BCUT2D eigenvalue weighted by Gasteiger charge is -2.21. The van der Waals surface area contributed by atoms with Crippen molar-refractivity contribution in [1.29, 1.82) is 0 Å². The van der Waals surface area contributed by atoms with Crippen LogP contribution in [0, 0.1) is 5.92 Å². The molecule has 0 N–H and O–H groups in total. The van der Waals surface area contributed by atoms with Crippen molar-refractivity contribution >= 4 is 34.8 Å². The van der Waals surface area contributed by atoms with E-state index in [2.05, 4.69) is 5.16 Å². The second-order valence-electron chi connectivity index (χ2n) is 6.33.